The SMILES string of the molecule is CCCNC(Cc1ccc(Cl)cc1Cl)c1ccc(C)o1. The Hall–Kier alpha value is -0.960. The third-order valence-corrected chi connectivity index (χ3v) is 3.77. The molecule has 0 saturated carbocycles. The number of hydrogen-bond acceptors (Lipinski definition) is 2. The topological polar surface area (TPSA) is 25.2 Å². The number of halogens is 2. The van der Waals surface area contributed by atoms with Crippen molar-refractivity contribution in [1.29, 1.82) is 0 Å². The molecule has 2 rings (SSSR count). The maximum absolute atomic E-state index is 6.26. The summed E-state index contributed by atoms with van der Waals surface area (Å²) in [6.07, 6.45) is 1.85. The summed E-state index contributed by atoms with van der Waals surface area (Å²) < 4.78 is 5.75. The molecule has 0 aliphatic carbocycles. The van der Waals surface area contributed by atoms with Crippen molar-refractivity contribution in [3.05, 3.63) is 57.5 Å². The molecule has 0 radical (unpaired) electrons. The van der Waals surface area contributed by atoms with Gasteiger partial charge in [0.15, 0.2) is 0 Å². The van der Waals surface area contributed by atoms with Crippen molar-refractivity contribution in [3.8, 4) is 0 Å². The molecule has 0 aliphatic heterocycles. The number of rotatable bonds is 6. The average molecular weight is 312 g/mol. The summed E-state index contributed by atoms with van der Waals surface area (Å²) in [5.41, 5.74) is 1.07. The zero-order valence-corrected chi connectivity index (χ0v) is 13.3. The molecule has 1 aromatic heterocycles. The lowest BCUT2D eigenvalue weighted by atomic mass is 10.0. The van der Waals surface area contributed by atoms with Crippen LogP contribution in [0.5, 0.6) is 0 Å². The van der Waals surface area contributed by atoms with Crippen molar-refractivity contribution in [1.82, 2.24) is 5.32 Å². The van der Waals surface area contributed by atoms with Crippen molar-refractivity contribution in [2.24, 2.45) is 0 Å². The van der Waals surface area contributed by atoms with Crippen molar-refractivity contribution in [2.45, 2.75) is 32.7 Å². The quantitative estimate of drug-likeness (QED) is 0.795. The van der Waals surface area contributed by atoms with Gasteiger partial charge in [-0.25, -0.2) is 0 Å². The summed E-state index contributed by atoms with van der Waals surface area (Å²) in [6, 6.07) is 9.75. The lowest BCUT2D eigenvalue weighted by Crippen LogP contribution is -2.23. The van der Waals surface area contributed by atoms with Crippen LogP contribution in [0.1, 0.15) is 36.5 Å². The van der Waals surface area contributed by atoms with Crippen LogP contribution in [0.4, 0.5) is 0 Å². The van der Waals surface area contributed by atoms with Crippen LogP contribution < -0.4 is 5.32 Å². The molecule has 0 aliphatic rings. The van der Waals surface area contributed by atoms with Gasteiger partial charge in [0.2, 0.25) is 0 Å². The van der Waals surface area contributed by atoms with Crippen LogP contribution in [-0.2, 0) is 6.42 Å². The molecule has 0 amide bonds. The molecule has 2 nitrogen and oxygen atoms in total. The van der Waals surface area contributed by atoms with Gasteiger partial charge >= 0.3 is 0 Å². The van der Waals surface area contributed by atoms with E-state index in [4.69, 9.17) is 27.6 Å². The highest BCUT2D eigenvalue weighted by Gasteiger charge is 2.16. The molecule has 0 fully saturated rings. The van der Waals surface area contributed by atoms with E-state index in [0.29, 0.717) is 10.0 Å². The molecule has 1 aromatic carbocycles. The standard InChI is InChI=1S/C16H19Cl2NO/c1-3-8-19-15(16-7-4-11(2)20-16)9-12-5-6-13(17)10-14(12)18/h4-7,10,15,19H,3,8-9H2,1-2H3. The number of nitrogens with one attached hydrogen (secondary N) is 1. The molecule has 1 heterocycles. The largest absolute Gasteiger partial charge is 0.465 e. The Morgan fingerprint density at radius 3 is 2.60 bits per heavy atom. The highest BCUT2D eigenvalue weighted by atomic mass is 35.5. The van der Waals surface area contributed by atoms with Gasteiger partial charge in [-0.3, -0.25) is 0 Å². The first kappa shape index (κ1) is 15.4. The Balaban J connectivity index is 2.18. The molecule has 108 valence electrons. The molecule has 2 aromatic rings. The van der Waals surface area contributed by atoms with Crippen LogP contribution in [0.15, 0.2) is 34.7 Å². The summed E-state index contributed by atoms with van der Waals surface area (Å²) in [5.74, 6) is 1.87. The summed E-state index contributed by atoms with van der Waals surface area (Å²) in [7, 11) is 0. The Kier molecular flexibility index (Phi) is 5.53. The number of hydrogen-bond donors (Lipinski definition) is 1. The second-order valence-electron chi connectivity index (χ2n) is 4.89. The fourth-order valence-corrected chi connectivity index (χ4v) is 2.63. The highest BCUT2D eigenvalue weighted by molar-refractivity contribution is 6.35. The van der Waals surface area contributed by atoms with Gasteiger partial charge in [-0.2, -0.15) is 0 Å². The molecular formula is C16H19Cl2NO. The van der Waals surface area contributed by atoms with Crippen molar-refractivity contribution < 1.29 is 4.42 Å². The summed E-state index contributed by atoms with van der Waals surface area (Å²) >= 11 is 12.2. The Labute approximate surface area is 130 Å². The molecule has 4 heteroatoms. The van der Waals surface area contributed by atoms with Gasteiger partial charge in [-0.05, 0) is 56.1 Å². The summed E-state index contributed by atoms with van der Waals surface area (Å²) in [5, 5.41) is 4.86. The smallest absolute Gasteiger partial charge is 0.121 e. The highest BCUT2D eigenvalue weighted by Crippen LogP contribution is 2.27. The molecular weight excluding hydrogens is 293 g/mol. The molecule has 0 bridgehead atoms. The molecule has 20 heavy (non-hydrogen) atoms. The van der Waals surface area contributed by atoms with E-state index in [1.807, 2.05) is 31.2 Å². The van der Waals surface area contributed by atoms with Gasteiger partial charge in [0, 0.05) is 10.0 Å². The normalized spacial score (nSPS) is 12.6. The second kappa shape index (κ2) is 7.16. The van der Waals surface area contributed by atoms with Crippen LogP contribution in [0.3, 0.4) is 0 Å². The molecule has 1 unspecified atom stereocenters. The maximum atomic E-state index is 6.26. The molecule has 1 N–H and O–H groups in total. The minimum atomic E-state index is 0.127. The van der Waals surface area contributed by atoms with Gasteiger partial charge in [0.25, 0.3) is 0 Å². The Morgan fingerprint density at radius 2 is 2.00 bits per heavy atom. The summed E-state index contributed by atoms with van der Waals surface area (Å²) in [6.45, 7) is 5.04. The first-order valence-corrected chi connectivity index (χ1v) is 7.59. The van der Waals surface area contributed by atoms with Gasteiger partial charge in [-0.15, -0.1) is 0 Å². The minimum absolute atomic E-state index is 0.127. The Morgan fingerprint density at radius 1 is 1.20 bits per heavy atom. The number of aryl methyl sites for hydroxylation is 1. The van der Waals surface area contributed by atoms with Crippen molar-refractivity contribution >= 4 is 23.2 Å². The minimum Gasteiger partial charge on any atom is -0.465 e. The first-order valence-electron chi connectivity index (χ1n) is 6.83. The molecule has 0 saturated heterocycles. The van der Waals surface area contributed by atoms with E-state index in [1.54, 1.807) is 6.07 Å². The fraction of sp³-hybridized carbons (Fsp3) is 0.375. The van der Waals surface area contributed by atoms with Gasteiger partial charge in [0.1, 0.15) is 11.5 Å². The van der Waals surface area contributed by atoms with Gasteiger partial charge < -0.3 is 9.73 Å². The zero-order valence-electron chi connectivity index (χ0n) is 11.7. The first-order chi connectivity index (χ1) is 9.60. The van der Waals surface area contributed by atoms with Crippen LogP contribution in [0.2, 0.25) is 10.0 Å². The predicted octanol–water partition coefficient (Wildman–Crippen LogP) is 5.18. The van der Waals surface area contributed by atoms with Crippen molar-refractivity contribution in [2.75, 3.05) is 6.54 Å². The van der Waals surface area contributed by atoms with Gasteiger partial charge in [-0.1, -0.05) is 36.2 Å². The van der Waals surface area contributed by atoms with E-state index in [2.05, 4.69) is 12.2 Å². The molecule has 1 atom stereocenters. The van der Waals surface area contributed by atoms with Crippen LogP contribution in [0.25, 0.3) is 0 Å². The van der Waals surface area contributed by atoms with Crippen molar-refractivity contribution in [3.63, 3.8) is 0 Å². The van der Waals surface area contributed by atoms with E-state index in [1.165, 1.54) is 0 Å². The fourth-order valence-electron chi connectivity index (χ4n) is 2.14. The monoisotopic (exact) mass is 311 g/mol. The van der Waals surface area contributed by atoms with Crippen LogP contribution in [-0.4, -0.2) is 6.54 Å². The average Bonchev–Trinajstić information content (AvgIpc) is 2.83. The predicted molar refractivity (Wildman–Crippen MR) is 84.6 cm³/mol. The van der Waals surface area contributed by atoms with Crippen LogP contribution in [0, 0.1) is 6.92 Å². The van der Waals surface area contributed by atoms with E-state index < -0.39 is 0 Å². The third kappa shape index (κ3) is 4.02. The van der Waals surface area contributed by atoms with E-state index in [-0.39, 0.29) is 6.04 Å². The number of furan rings is 1. The third-order valence-electron chi connectivity index (χ3n) is 3.18. The Bertz CT molecular complexity index is 565. The molecule has 0 spiro atoms. The second-order valence-corrected chi connectivity index (χ2v) is 5.74. The zero-order chi connectivity index (χ0) is 14.5. The van der Waals surface area contributed by atoms with E-state index in [0.717, 1.165) is 36.5 Å². The number of benzene rings is 1. The maximum Gasteiger partial charge on any atom is 0.121 e. The van der Waals surface area contributed by atoms with Crippen LogP contribution >= 0.6 is 23.2 Å². The lowest BCUT2D eigenvalue weighted by Gasteiger charge is -2.17. The lowest BCUT2D eigenvalue weighted by molar-refractivity contribution is 0.398. The van der Waals surface area contributed by atoms with E-state index in [9.17, 15) is 0 Å². The van der Waals surface area contributed by atoms with E-state index >= 15 is 0 Å². The van der Waals surface area contributed by atoms with Gasteiger partial charge in [0.05, 0.1) is 6.04 Å². The summed E-state index contributed by atoms with van der Waals surface area (Å²) in [4.78, 5) is 0.